The van der Waals surface area contributed by atoms with Crippen molar-refractivity contribution in [1.29, 1.82) is 0 Å². The molecule has 0 fully saturated rings. The van der Waals surface area contributed by atoms with E-state index in [1.165, 1.54) is 0 Å². The van der Waals surface area contributed by atoms with Crippen molar-refractivity contribution >= 4 is 65.0 Å². The van der Waals surface area contributed by atoms with Gasteiger partial charge in [-0.25, -0.2) is 4.99 Å². The van der Waals surface area contributed by atoms with Gasteiger partial charge in [0.15, 0.2) is 5.96 Å². The van der Waals surface area contributed by atoms with Gasteiger partial charge in [0.2, 0.25) is 5.91 Å². The Bertz CT molecular complexity index is 891. The first-order valence-electron chi connectivity index (χ1n) is 8.43. The van der Waals surface area contributed by atoms with Gasteiger partial charge in [0.1, 0.15) is 0 Å². The van der Waals surface area contributed by atoms with Crippen LogP contribution < -0.4 is 22.1 Å². The summed E-state index contributed by atoms with van der Waals surface area (Å²) in [6, 6.07) is 11.9. The Balaban J connectivity index is 0.00000420. The largest absolute Gasteiger partial charge is 0.370 e. The van der Waals surface area contributed by atoms with Gasteiger partial charge in [0, 0.05) is 15.6 Å². The zero-order valence-electron chi connectivity index (χ0n) is 15.6. The Kier molecular flexibility index (Phi) is 10.2. The normalized spacial score (nSPS) is 11.9. The lowest BCUT2D eigenvalue weighted by Gasteiger charge is -2.16. The third-order valence-electron chi connectivity index (χ3n) is 3.86. The number of carbonyl (C=O) groups is 2. The van der Waals surface area contributed by atoms with Gasteiger partial charge >= 0.3 is 0 Å². The smallest absolute Gasteiger partial charge is 0.251 e. The maximum atomic E-state index is 11.8. The van der Waals surface area contributed by atoms with Crippen molar-refractivity contribution in [1.82, 2.24) is 10.6 Å². The molecule has 1 atom stereocenters. The van der Waals surface area contributed by atoms with Gasteiger partial charge in [-0.2, -0.15) is 0 Å². The molecule has 0 bridgehead atoms. The second kappa shape index (κ2) is 11.8. The third-order valence-corrected chi connectivity index (χ3v) is 4.43. The van der Waals surface area contributed by atoms with Gasteiger partial charge in [-0.1, -0.05) is 41.4 Å². The zero-order chi connectivity index (χ0) is 20.7. The van der Waals surface area contributed by atoms with Gasteiger partial charge in [0.25, 0.3) is 5.91 Å². The first kappa shape index (κ1) is 25.0. The predicted molar refractivity (Wildman–Crippen MR) is 127 cm³/mol. The summed E-state index contributed by atoms with van der Waals surface area (Å²) < 4.78 is 0. The van der Waals surface area contributed by atoms with Crippen LogP contribution in [0.1, 0.15) is 34.5 Å². The van der Waals surface area contributed by atoms with Crippen molar-refractivity contribution in [3.63, 3.8) is 0 Å². The number of nitrogens with two attached hydrogens (primary N) is 2. The van der Waals surface area contributed by atoms with E-state index in [2.05, 4.69) is 15.6 Å². The molecule has 0 heterocycles. The number of benzene rings is 2. The molecule has 2 rings (SSSR count). The minimum absolute atomic E-state index is 0. The Morgan fingerprint density at radius 1 is 1.10 bits per heavy atom. The summed E-state index contributed by atoms with van der Waals surface area (Å²) in [4.78, 5) is 26.8. The SMILES string of the molecule is CC(NC(N)=NCc1ccc(C(=O)NCC(N)=O)cc1)c1ccc(Cl)cc1Cl.I. The van der Waals surface area contributed by atoms with Crippen LogP contribution >= 0.6 is 47.2 Å². The Morgan fingerprint density at radius 3 is 2.34 bits per heavy atom. The molecule has 0 aromatic heterocycles. The monoisotopic (exact) mass is 549 g/mol. The molecule has 7 nitrogen and oxygen atoms in total. The number of rotatable bonds is 7. The Hall–Kier alpha value is -2.04. The minimum Gasteiger partial charge on any atom is -0.370 e. The van der Waals surface area contributed by atoms with Crippen LogP contribution in [0.5, 0.6) is 0 Å². The molecular formula is C19H22Cl2IN5O2. The van der Waals surface area contributed by atoms with E-state index in [-0.39, 0.29) is 48.4 Å². The number of aliphatic imine (C=N–C) groups is 1. The van der Waals surface area contributed by atoms with Gasteiger partial charge < -0.3 is 22.1 Å². The quantitative estimate of drug-likeness (QED) is 0.241. The predicted octanol–water partition coefficient (Wildman–Crippen LogP) is 2.99. The summed E-state index contributed by atoms with van der Waals surface area (Å²) in [5, 5.41) is 6.61. The van der Waals surface area contributed by atoms with Gasteiger partial charge in [0.05, 0.1) is 19.1 Å². The number of primary amides is 1. The second-order valence-corrected chi connectivity index (χ2v) is 6.92. The number of carbonyl (C=O) groups excluding carboxylic acids is 2. The number of nitrogens with one attached hydrogen (secondary N) is 2. The molecule has 0 aliphatic heterocycles. The van der Waals surface area contributed by atoms with Crippen LogP contribution in [-0.4, -0.2) is 24.3 Å². The highest BCUT2D eigenvalue weighted by molar-refractivity contribution is 14.0. The summed E-state index contributed by atoms with van der Waals surface area (Å²) >= 11 is 12.1. The van der Waals surface area contributed by atoms with Crippen molar-refractivity contribution in [2.45, 2.75) is 19.5 Å². The molecule has 2 aromatic rings. The lowest BCUT2D eigenvalue weighted by molar-refractivity contribution is -0.117. The van der Waals surface area contributed by atoms with Crippen LogP contribution in [0.2, 0.25) is 10.0 Å². The molecule has 0 saturated heterocycles. The molecule has 0 aliphatic rings. The second-order valence-electron chi connectivity index (χ2n) is 6.08. The fourth-order valence-corrected chi connectivity index (χ4v) is 2.98. The van der Waals surface area contributed by atoms with Crippen LogP contribution in [0, 0.1) is 0 Å². The van der Waals surface area contributed by atoms with Gasteiger partial charge in [-0.05, 0) is 42.3 Å². The lowest BCUT2D eigenvalue weighted by atomic mass is 10.1. The number of guanidine groups is 1. The van der Waals surface area contributed by atoms with E-state index in [0.717, 1.165) is 11.1 Å². The van der Waals surface area contributed by atoms with Crippen LogP contribution in [0.4, 0.5) is 0 Å². The van der Waals surface area contributed by atoms with E-state index in [9.17, 15) is 9.59 Å². The van der Waals surface area contributed by atoms with Crippen molar-refractivity contribution < 1.29 is 9.59 Å². The zero-order valence-corrected chi connectivity index (χ0v) is 19.5. The number of hydrogen-bond donors (Lipinski definition) is 4. The van der Waals surface area contributed by atoms with E-state index in [1.807, 2.05) is 13.0 Å². The maximum absolute atomic E-state index is 11.8. The minimum atomic E-state index is -0.601. The Labute approximate surface area is 196 Å². The Morgan fingerprint density at radius 2 is 1.76 bits per heavy atom. The molecule has 0 radical (unpaired) electrons. The summed E-state index contributed by atoms with van der Waals surface area (Å²) in [5.41, 5.74) is 13.1. The number of hydrogen-bond acceptors (Lipinski definition) is 3. The van der Waals surface area contributed by atoms with Gasteiger partial charge in [-0.15, -0.1) is 24.0 Å². The number of halogens is 3. The highest BCUT2D eigenvalue weighted by atomic mass is 127. The average molecular weight is 550 g/mol. The van der Waals surface area contributed by atoms with E-state index < -0.39 is 5.91 Å². The molecule has 6 N–H and O–H groups in total. The molecule has 0 aliphatic carbocycles. The molecule has 29 heavy (non-hydrogen) atoms. The molecule has 0 spiro atoms. The third kappa shape index (κ3) is 8.08. The van der Waals surface area contributed by atoms with E-state index in [4.69, 9.17) is 34.7 Å². The number of amides is 2. The first-order valence-corrected chi connectivity index (χ1v) is 9.18. The molecule has 1 unspecified atom stereocenters. The summed E-state index contributed by atoms with van der Waals surface area (Å²) in [6.07, 6.45) is 0. The van der Waals surface area contributed by atoms with Crippen LogP contribution in [0.3, 0.4) is 0 Å². The summed E-state index contributed by atoms with van der Waals surface area (Å²) in [7, 11) is 0. The van der Waals surface area contributed by atoms with E-state index >= 15 is 0 Å². The maximum Gasteiger partial charge on any atom is 0.251 e. The van der Waals surface area contributed by atoms with Crippen molar-refractivity contribution in [2.75, 3.05) is 6.54 Å². The molecule has 10 heteroatoms. The van der Waals surface area contributed by atoms with Crippen molar-refractivity contribution in [3.8, 4) is 0 Å². The molecule has 156 valence electrons. The summed E-state index contributed by atoms with van der Waals surface area (Å²) in [5.74, 6) is -0.707. The van der Waals surface area contributed by atoms with Crippen LogP contribution in [0.15, 0.2) is 47.5 Å². The molecule has 2 amide bonds. The van der Waals surface area contributed by atoms with E-state index in [1.54, 1.807) is 36.4 Å². The van der Waals surface area contributed by atoms with Crippen LogP contribution in [-0.2, 0) is 11.3 Å². The standard InChI is InChI=1S/C19H21Cl2N5O2.HI/c1-11(15-7-6-14(20)8-16(15)21)26-19(23)25-9-12-2-4-13(5-3-12)18(28)24-10-17(22)27;/h2-8,11H,9-10H2,1H3,(H2,22,27)(H,24,28)(H3,23,25,26);1H. The fraction of sp³-hybridized carbons (Fsp3) is 0.211. The van der Waals surface area contributed by atoms with Gasteiger partial charge in [-0.3, -0.25) is 9.59 Å². The molecular weight excluding hydrogens is 528 g/mol. The van der Waals surface area contributed by atoms with E-state index in [0.29, 0.717) is 22.2 Å². The van der Waals surface area contributed by atoms with Crippen molar-refractivity contribution in [2.24, 2.45) is 16.5 Å². The lowest BCUT2D eigenvalue weighted by Crippen LogP contribution is -2.34. The molecule has 2 aromatic carbocycles. The molecule has 0 saturated carbocycles. The topological polar surface area (TPSA) is 123 Å². The highest BCUT2D eigenvalue weighted by Crippen LogP contribution is 2.25. The fourth-order valence-electron chi connectivity index (χ4n) is 2.41. The van der Waals surface area contributed by atoms with Crippen molar-refractivity contribution in [3.05, 3.63) is 69.2 Å². The number of nitrogens with zero attached hydrogens (tertiary/aromatic N) is 1. The first-order chi connectivity index (χ1) is 13.3. The van der Waals surface area contributed by atoms with Crippen LogP contribution in [0.25, 0.3) is 0 Å². The average Bonchev–Trinajstić information content (AvgIpc) is 2.64. The highest BCUT2D eigenvalue weighted by Gasteiger charge is 2.11. The summed E-state index contributed by atoms with van der Waals surface area (Å²) in [6.45, 7) is 2.04.